The molecule has 1 heterocycles. The third kappa shape index (κ3) is 6.25. The van der Waals surface area contributed by atoms with Crippen molar-refractivity contribution in [1.29, 1.82) is 0 Å². The Hall–Kier alpha value is -3.12. The number of anilines is 2. The fourth-order valence-corrected chi connectivity index (χ4v) is 2.87. The summed E-state index contributed by atoms with van der Waals surface area (Å²) in [5.41, 5.74) is 2.24. The number of ether oxygens (including phenoxy) is 2. The molecule has 2 amide bonds. The molecular weight excluding hydrogens is 356 g/mol. The fraction of sp³-hybridized carbons (Fsp3) is 0.273. The van der Waals surface area contributed by atoms with Gasteiger partial charge in [0.15, 0.2) is 0 Å². The van der Waals surface area contributed by atoms with Crippen LogP contribution < -0.4 is 15.4 Å². The standard InChI is InChI=1S/C22H24N2O4/c1-16(25)23-18-10-7-17(8-11-18)9-12-22(26)24-19-4-2-5-20(14-19)28-15-21-6-3-13-27-21/h2,4-5,7-12,14,21H,3,6,13,15H2,1H3,(H,23,25)(H,24,26)/b12-9+. The van der Waals surface area contributed by atoms with Gasteiger partial charge in [0.05, 0.1) is 6.10 Å². The van der Waals surface area contributed by atoms with Gasteiger partial charge in [-0.05, 0) is 48.7 Å². The highest BCUT2D eigenvalue weighted by molar-refractivity contribution is 6.02. The highest BCUT2D eigenvalue weighted by Crippen LogP contribution is 2.20. The van der Waals surface area contributed by atoms with Crippen LogP contribution in [0.3, 0.4) is 0 Å². The molecule has 1 aliphatic rings. The van der Waals surface area contributed by atoms with Gasteiger partial charge in [0.2, 0.25) is 11.8 Å². The van der Waals surface area contributed by atoms with Crippen molar-refractivity contribution in [2.45, 2.75) is 25.9 Å². The first kappa shape index (κ1) is 19.6. The second kappa shape index (κ2) is 9.71. The van der Waals surface area contributed by atoms with E-state index in [4.69, 9.17) is 9.47 Å². The van der Waals surface area contributed by atoms with E-state index in [1.54, 1.807) is 24.3 Å². The van der Waals surface area contributed by atoms with Gasteiger partial charge < -0.3 is 20.1 Å². The van der Waals surface area contributed by atoms with Gasteiger partial charge in [0.1, 0.15) is 12.4 Å². The highest BCUT2D eigenvalue weighted by atomic mass is 16.5. The number of rotatable bonds is 7. The number of carbonyl (C=O) groups is 2. The van der Waals surface area contributed by atoms with Crippen molar-refractivity contribution in [2.75, 3.05) is 23.8 Å². The molecule has 0 spiro atoms. The zero-order valence-electron chi connectivity index (χ0n) is 15.8. The summed E-state index contributed by atoms with van der Waals surface area (Å²) in [5, 5.41) is 5.52. The van der Waals surface area contributed by atoms with Crippen LogP contribution in [-0.2, 0) is 14.3 Å². The number of nitrogens with one attached hydrogen (secondary N) is 2. The Bertz CT molecular complexity index is 840. The Morgan fingerprint density at radius 2 is 1.96 bits per heavy atom. The van der Waals surface area contributed by atoms with Crippen molar-refractivity contribution in [2.24, 2.45) is 0 Å². The van der Waals surface area contributed by atoms with Crippen LogP contribution in [0.5, 0.6) is 5.75 Å². The lowest BCUT2D eigenvalue weighted by Gasteiger charge is -2.12. The van der Waals surface area contributed by atoms with Crippen LogP contribution in [0.4, 0.5) is 11.4 Å². The van der Waals surface area contributed by atoms with Crippen LogP contribution >= 0.6 is 0 Å². The molecule has 1 fully saturated rings. The van der Waals surface area contributed by atoms with Gasteiger partial charge in [-0.1, -0.05) is 18.2 Å². The molecule has 0 radical (unpaired) electrons. The van der Waals surface area contributed by atoms with E-state index in [0.29, 0.717) is 23.7 Å². The van der Waals surface area contributed by atoms with Gasteiger partial charge in [0.25, 0.3) is 0 Å². The second-order valence-corrected chi connectivity index (χ2v) is 6.60. The molecule has 1 atom stereocenters. The molecule has 6 nitrogen and oxygen atoms in total. The minimum absolute atomic E-state index is 0.121. The maximum Gasteiger partial charge on any atom is 0.248 e. The molecule has 3 rings (SSSR count). The number of carbonyl (C=O) groups excluding carboxylic acids is 2. The van der Waals surface area contributed by atoms with Crippen LogP contribution in [-0.4, -0.2) is 31.1 Å². The molecule has 0 saturated carbocycles. The molecule has 6 heteroatoms. The van der Waals surface area contributed by atoms with E-state index in [0.717, 1.165) is 25.0 Å². The Labute approximate surface area is 164 Å². The fourth-order valence-electron chi connectivity index (χ4n) is 2.87. The first-order valence-corrected chi connectivity index (χ1v) is 9.30. The van der Waals surface area contributed by atoms with E-state index in [1.807, 2.05) is 30.3 Å². The van der Waals surface area contributed by atoms with Gasteiger partial charge in [-0.15, -0.1) is 0 Å². The molecule has 0 bridgehead atoms. The van der Waals surface area contributed by atoms with Gasteiger partial charge >= 0.3 is 0 Å². The molecule has 1 saturated heterocycles. The van der Waals surface area contributed by atoms with Crippen molar-refractivity contribution in [3.63, 3.8) is 0 Å². The number of amides is 2. The van der Waals surface area contributed by atoms with Crippen LogP contribution in [0.15, 0.2) is 54.6 Å². The Morgan fingerprint density at radius 3 is 2.68 bits per heavy atom. The normalized spacial score (nSPS) is 16.1. The van der Waals surface area contributed by atoms with Gasteiger partial charge in [-0.2, -0.15) is 0 Å². The lowest BCUT2D eigenvalue weighted by Crippen LogP contribution is -2.16. The van der Waals surface area contributed by atoms with Crippen LogP contribution in [0.25, 0.3) is 6.08 Å². The molecule has 2 aromatic carbocycles. The summed E-state index contributed by atoms with van der Waals surface area (Å²) in [6, 6.07) is 14.5. The summed E-state index contributed by atoms with van der Waals surface area (Å²) in [5.74, 6) is 0.345. The van der Waals surface area contributed by atoms with Gasteiger partial charge in [-0.3, -0.25) is 9.59 Å². The average Bonchev–Trinajstić information content (AvgIpc) is 3.19. The van der Waals surface area contributed by atoms with Crippen molar-refractivity contribution in [3.8, 4) is 5.75 Å². The quantitative estimate of drug-likeness (QED) is 0.715. The van der Waals surface area contributed by atoms with Gasteiger partial charge in [0, 0.05) is 37.0 Å². The lowest BCUT2D eigenvalue weighted by atomic mass is 10.2. The number of benzene rings is 2. The van der Waals surface area contributed by atoms with Crippen molar-refractivity contribution < 1.29 is 19.1 Å². The predicted octanol–water partition coefficient (Wildman–Crippen LogP) is 3.85. The molecular formula is C22H24N2O4. The van der Waals surface area contributed by atoms with E-state index >= 15 is 0 Å². The summed E-state index contributed by atoms with van der Waals surface area (Å²) in [6.45, 7) is 2.78. The van der Waals surface area contributed by atoms with Crippen LogP contribution in [0, 0.1) is 0 Å². The molecule has 2 aromatic rings. The molecule has 146 valence electrons. The largest absolute Gasteiger partial charge is 0.491 e. The first-order chi connectivity index (χ1) is 13.6. The summed E-state index contributed by atoms with van der Waals surface area (Å²) < 4.78 is 11.3. The molecule has 28 heavy (non-hydrogen) atoms. The Balaban J connectivity index is 1.51. The molecule has 2 N–H and O–H groups in total. The SMILES string of the molecule is CC(=O)Nc1ccc(/C=C/C(=O)Nc2cccc(OCC3CCCO3)c2)cc1. The highest BCUT2D eigenvalue weighted by Gasteiger charge is 2.16. The summed E-state index contributed by atoms with van der Waals surface area (Å²) in [4.78, 5) is 23.2. The zero-order chi connectivity index (χ0) is 19.8. The first-order valence-electron chi connectivity index (χ1n) is 9.30. The molecule has 1 unspecified atom stereocenters. The van der Waals surface area contributed by atoms with E-state index in [1.165, 1.54) is 13.0 Å². The minimum Gasteiger partial charge on any atom is -0.491 e. The molecule has 1 aliphatic heterocycles. The third-order valence-corrected chi connectivity index (χ3v) is 4.22. The second-order valence-electron chi connectivity index (χ2n) is 6.60. The van der Waals surface area contributed by atoms with Gasteiger partial charge in [-0.25, -0.2) is 0 Å². The maximum absolute atomic E-state index is 12.2. The van der Waals surface area contributed by atoms with E-state index in [2.05, 4.69) is 10.6 Å². The maximum atomic E-state index is 12.2. The summed E-state index contributed by atoms with van der Waals surface area (Å²) >= 11 is 0. The van der Waals surface area contributed by atoms with E-state index in [-0.39, 0.29) is 17.9 Å². The van der Waals surface area contributed by atoms with Crippen LogP contribution in [0.1, 0.15) is 25.3 Å². The number of hydrogen-bond acceptors (Lipinski definition) is 4. The molecule has 0 aromatic heterocycles. The summed E-state index contributed by atoms with van der Waals surface area (Å²) in [7, 11) is 0. The third-order valence-electron chi connectivity index (χ3n) is 4.22. The predicted molar refractivity (Wildman–Crippen MR) is 109 cm³/mol. The smallest absolute Gasteiger partial charge is 0.248 e. The zero-order valence-corrected chi connectivity index (χ0v) is 15.8. The monoisotopic (exact) mass is 380 g/mol. The van der Waals surface area contributed by atoms with Crippen LogP contribution in [0.2, 0.25) is 0 Å². The molecule has 0 aliphatic carbocycles. The number of hydrogen-bond donors (Lipinski definition) is 2. The summed E-state index contributed by atoms with van der Waals surface area (Å²) in [6.07, 6.45) is 5.43. The van der Waals surface area contributed by atoms with Crippen molar-refractivity contribution >= 4 is 29.3 Å². The lowest BCUT2D eigenvalue weighted by molar-refractivity contribution is -0.114. The van der Waals surface area contributed by atoms with E-state index < -0.39 is 0 Å². The Morgan fingerprint density at radius 1 is 1.14 bits per heavy atom. The van der Waals surface area contributed by atoms with Crippen molar-refractivity contribution in [3.05, 3.63) is 60.2 Å². The average molecular weight is 380 g/mol. The van der Waals surface area contributed by atoms with Crippen molar-refractivity contribution in [1.82, 2.24) is 0 Å². The minimum atomic E-state index is -0.234. The van der Waals surface area contributed by atoms with E-state index in [9.17, 15) is 9.59 Å². The topological polar surface area (TPSA) is 76.7 Å². The Kier molecular flexibility index (Phi) is 6.81.